The monoisotopic (exact) mass is 210 g/mol. The Kier molecular flexibility index (Phi) is 4.87. The van der Waals surface area contributed by atoms with Crippen molar-refractivity contribution in [3.05, 3.63) is 11.8 Å². The lowest BCUT2D eigenvalue weighted by Crippen LogP contribution is -2.36. The lowest BCUT2D eigenvalue weighted by molar-refractivity contribution is -0.115. The highest BCUT2D eigenvalue weighted by atomic mass is 16.2. The van der Waals surface area contributed by atoms with E-state index < -0.39 is 0 Å². The SMILES string of the molecule is CCCCNC(=O)NC1=CC(=O)CCC1. The minimum atomic E-state index is -0.204. The maximum absolute atomic E-state index is 11.3. The second-order valence-corrected chi connectivity index (χ2v) is 3.72. The van der Waals surface area contributed by atoms with Crippen molar-refractivity contribution in [2.45, 2.75) is 39.0 Å². The van der Waals surface area contributed by atoms with Crippen molar-refractivity contribution in [3.8, 4) is 0 Å². The third-order valence-corrected chi connectivity index (χ3v) is 2.29. The fourth-order valence-corrected chi connectivity index (χ4v) is 1.46. The van der Waals surface area contributed by atoms with Crippen molar-refractivity contribution >= 4 is 11.8 Å². The van der Waals surface area contributed by atoms with E-state index in [-0.39, 0.29) is 11.8 Å². The molecule has 0 aromatic rings. The lowest BCUT2D eigenvalue weighted by atomic mass is 10.0. The van der Waals surface area contributed by atoms with Gasteiger partial charge in [-0.3, -0.25) is 4.79 Å². The second kappa shape index (κ2) is 6.22. The standard InChI is InChI=1S/C11H18N2O2/c1-2-3-7-12-11(15)13-9-5-4-6-10(14)8-9/h8H,2-7H2,1H3,(H2,12,13,15). The van der Waals surface area contributed by atoms with Gasteiger partial charge < -0.3 is 10.6 Å². The summed E-state index contributed by atoms with van der Waals surface area (Å²) in [6, 6.07) is -0.204. The summed E-state index contributed by atoms with van der Waals surface area (Å²) in [6.07, 6.45) is 5.78. The molecule has 0 radical (unpaired) electrons. The van der Waals surface area contributed by atoms with Crippen LogP contribution in [0.5, 0.6) is 0 Å². The summed E-state index contributed by atoms with van der Waals surface area (Å²) < 4.78 is 0. The molecule has 0 fully saturated rings. The molecule has 0 heterocycles. The van der Waals surface area contributed by atoms with E-state index in [9.17, 15) is 9.59 Å². The molecule has 1 aliphatic rings. The average Bonchev–Trinajstić information content (AvgIpc) is 2.18. The van der Waals surface area contributed by atoms with Crippen LogP contribution in [0.25, 0.3) is 0 Å². The van der Waals surface area contributed by atoms with Gasteiger partial charge in [-0.1, -0.05) is 13.3 Å². The molecule has 4 nitrogen and oxygen atoms in total. The first-order valence-corrected chi connectivity index (χ1v) is 5.50. The first-order valence-electron chi connectivity index (χ1n) is 5.50. The fourth-order valence-electron chi connectivity index (χ4n) is 1.46. The highest BCUT2D eigenvalue weighted by Crippen LogP contribution is 2.12. The van der Waals surface area contributed by atoms with Crippen LogP contribution in [0.15, 0.2) is 11.8 Å². The Morgan fingerprint density at radius 1 is 1.47 bits per heavy atom. The first-order chi connectivity index (χ1) is 7.22. The number of nitrogens with one attached hydrogen (secondary N) is 2. The Morgan fingerprint density at radius 3 is 2.93 bits per heavy atom. The number of ketones is 1. The van der Waals surface area contributed by atoms with E-state index in [1.165, 1.54) is 6.08 Å². The molecule has 84 valence electrons. The molecule has 0 bridgehead atoms. The first kappa shape index (κ1) is 11.8. The number of carbonyl (C=O) groups excluding carboxylic acids is 2. The zero-order chi connectivity index (χ0) is 11.1. The number of urea groups is 1. The summed E-state index contributed by atoms with van der Waals surface area (Å²) in [4.78, 5) is 22.4. The van der Waals surface area contributed by atoms with Crippen LogP contribution in [-0.4, -0.2) is 18.4 Å². The van der Waals surface area contributed by atoms with Gasteiger partial charge in [0.05, 0.1) is 0 Å². The van der Waals surface area contributed by atoms with E-state index in [0.29, 0.717) is 13.0 Å². The van der Waals surface area contributed by atoms with Gasteiger partial charge in [0.25, 0.3) is 0 Å². The Labute approximate surface area is 90.1 Å². The van der Waals surface area contributed by atoms with Crippen LogP contribution in [-0.2, 0) is 4.79 Å². The largest absolute Gasteiger partial charge is 0.338 e. The van der Waals surface area contributed by atoms with E-state index in [1.807, 2.05) is 0 Å². The van der Waals surface area contributed by atoms with Crippen LogP contribution < -0.4 is 10.6 Å². The maximum Gasteiger partial charge on any atom is 0.318 e. The molecule has 0 saturated heterocycles. The molecule has 2 amide bonds. The van der Waals surface area contributed by atoms with Crippen molar-refractivity contribution in [2.75, 3.05) is 6.54 Å². The van der Waals surface area contributed by atoms with Crippen molar-refractivity contribution in [2.24, 2.45) is 0 Å². The molecule has 15 heavy (non-hydrogen) atoms. The van der Waals surface area contributed by atoms with E-state index in [4.69, 9.17) is 0 Å². The number of amides is 2. The summed E-state index contributed by atoms with van der Waals surface area (Å²) in [5.41, 5.74) is 0.736. The van der Waals surface area contributed by atoms with Gasteiger partial charge in [0.15, 0.2) is 5.78 Å². The Bertz CT molecular complexity index is 272. The number of hydrogen-bond donors (Lipinski definition) is 2. The molecule has 4 heteroatoms. The fraction of sp³-hybridized carbons (Fsp3) is 0.636. The molecule has 0 saturated carbocycles. The van der Waals surface area contributed by atoms with E-state index in [0.717, 1.165) is 31.4 Å². The smallest absolute Gasteiger partial charge is 0.318 e. The Hall–Kier alpha value is -1.32. The van der Waals surface area contributed by atoms with E-state index >= 15 is 0 Å². The van der Waals surface area contributed by atoms with Gasteiger partial charge >= 0.3 is 6.03 Å². The van der Waals surface area contributed by atoms with Gasteiger partial charge in [0.2, 0.25) is 0 Å². The number of unbranched alkanes of at least 4 members (excludes halogenated alkanes) is 1. The van der Waals surface area contributed by atoms with Crippen molar-refractivity contribution in [1.82, 2.24) is 10.6 Å². The highest BCUT2D eigenvalue weighted by molar-refractivity contribution is 5.92. The van der Waals surface area contributed by atoms with E-state index in [1.54, 1.807) is 0 Å². The zero-order valence-corrected chi connectivity index (χ0v) is 9.14. The molecular weight excluding hydrogens is 192 g/mol. The molecule has 1 rings (SSSR count). The number of allylic oxidation sites excluding steroid dienone is 2. The topological polar surface area (TPSA) is 58.2 Å². The van der Waals surface area contributed by atoms with Gasteiger partial charge in [0.1, 0.15) is 0 Å². The quantitative estimate of drug-likeness (QED) is 0.694. The molecule has 2 N–H and O–H groups in total. The third kappa shape index (κ3) is 4.63. The maximum atomic E-state index is 11.3. The molecule has 0 spiro atoms. The van der Waals surface area contributed by atoms with E-state index in [2.05, 4.69) is 17.6 Å². The molecule has 0 atom stereocenters. The summed E-state index contributed by atoms with van der Waals surface area (Å²) >= 11 is 0. The highest BCUT2D eigenvalue weighted by Gasteiger charge is 2.11. The number of hydrogen-bond acceptors (Lipinski definition) is 2. The van der Waals surface area contributed by atoms with Gasteiger partial charge in [-0.2, -0.15) is 0 Å². The van der Waals surface area contributed by atoms with Crippen molar-refractivity contribution in [3.63, 3.8) is 0 Å². The minimum absolute atomic E-state index is 0.102. The summed E-state index contributed by atoms with van der Waals surface area (Å²) in [7, 11) is 0. The normalized spacial score (nSPS) is 15.8. The zero-order valence-electron chi connectivity index (χ0n) is 9.14. The van der Waals surface area contributed by atoms with Crippen LogP contribution in [0.4, 0.5) is 4.79 Å². The van der Waals surface area contributed by atoms with Gasteiger partial charge in [-0.25, -0.2) is 4.79 Å². The number of carbonyl (C=O) groups is 2. The minimum Gasteiger partial charge on any atom is -0.338 e. The predicted molar refractivity (Wildman–Crippen MR) is 58.4 cm³/mol. The van der Waals surface area contributed by atoms with Gasteiger partial charge in [0, 0.05) is 24.7 Å². The van der Waals surface area contributed by atoms with Crippen LogP contribution in [0.3, 0.4) is 0 Å². The Morgan fingerprint density at radius 2 is 2.27 bits per heavy atom. The predicted octanol–water partition coefficient (Wildman–Crippen LogP) is 1.72. The van der Waals surface area contributed by atoms with Crippen LogP contribution in [0, 0.1) is 0 Å². The third-order valence-electron chi connectivity index (χ3n) is 2.29. The van der Waals surface area contributed by atoms with Crippen molar-refractivity contribution < 1.29 is 9.59 Å². The summed E-state index contributed by atoms with van der Waals surface area (Å²) in [6.45, 7) is 2.76. The van der Waals surface area contributed by atoms with Gasteiger partial charge in [-0.15, -0.1) is 0 Å². The molecule has 0 unspecified atom stereocenters. The van der Waals surface area contributed by atoms with Crippen LogP contribution in [0.1, 0.15) is 39.0 Å². The average molecular weight is 210 g/mol. The van der Waals surface area contributed by atoms with Crippen molar-refractivity contribution in [1.29, 1.82) is 0 Å². The van der Waals surface area contributed by atoms with Gasteiger partial charge in [-0.05, 0) is 19.3 Å². The molecule has 0 aromatic carbocycles. The summed E-state index contributed by atoms with van der Waals surface area (Å²) in [5.74, 6) is 0.102. The lowest BCUT2D eigenvalue weighted by Gasteiger charge is -2.13. The molecular formula is C11H18N2O2. The molecule has 0 aliphatic heterocycles. The summed E-state index contributed by atoms with van der Waals surface area (Å²) in [5, 5.41) is 5.44. The molecule has 1 aliphatic carbocycles. The Balaban J connectivity index is 2.28. The van der Waals surface area contributed by atoms with Crippen LogP contribution >= 0.6 is 0 Å². The second-order valence-electron chi connectivity index (χ2n) is 3.72. The van der Waals surface area contributed by atoms with Crippen LogP contribution in [0.2, 0.25) is 0 Å². The number of rotatable bonds is 4. The molecule has 0 aromatic heterocycles.